The fraction of sp³-hybridized carbons (Fsp3) is 0.167. The van der Waals surface area contributed by atoms with E-state index in [9.17, 15) is 9.18 Å². The lowest BCUT2D eigenvalue weighted by molar-refractivity contribution is 0.143. The molecule has 0 aliphatic heterocycles. The number of ether oxygens (including phenoxy) is 1. The summed E-state index contributed by atoms with van der Waals surface area (Å²) >= 11 is 0. The highest BCUT2D eigenvalue weighted by molar-refractivity contribution is 5.79. The maximum Gasteiger partial charge on any atom is 0.407 e. The summed E-state index contributed by atoms with van der Waals surface area (Å²) < 4.78 is 17.8. The van der Waals surface area contributed by atoms with Crippen molar-refractivity contribution >= 4 is 6.09 Å². The fourth-order valence-electron chi connectivity index (χ4n) is 2.82. The van der Waals surface area contributed by atoms with Gasteiger partial charge in [0.2, 0.25) is 0 Å². The number of carbonyl (C=O) groups excluding carboxylic acids is 1. The zero-order valence-corrected chi connectivity index (χ0v) is 12.0. The molecule has 1 aliphatic carbocycles. The van der Waals surface area contributed by atoms with Crippen molar-refractivity contribution in [2.24, 2.45) is 0 Å². The van der Waals surface area contributed by atoms with Crippen LogP contribution < -0.4 is 5.32 Å². The van der Waals surface area contributed by atoms with Crippen LogP contribution in [0.1, 0.15) is 17.0 Å². The Balaban J connectivity index is 1.77. The second-order valence-electron chi connectivity index (χ2n) is 5.20. The summed E-state index contributed by atoms with van der Waals surface area (Å²) in [5.41, 5.74) is 4.63. The number of fused-ring (bicyclic) bond motifs is 3. The summed E-state index contributed by atoms with van der Waals surface area (Å²) in [4.78, 5) is 11.6. The first-order chi connectivity index (χ1) is 10.7. The maximum absolute atomic E-state index is 12.5. The van der Waals surface area contributed by atoms with Crippen molar-refractivity contribution in [2.75, 3.05) is 13.2 Å². The number of benzene rings is 2. The molecule has 22 heavy (non-hydrogen) atoms. The van der Waals surface area contributed by atoms with Crippen molar-refractivity contribution in [1.29, 1.82) is 0 Å². The van der Waals surface area contributed by atoms with E-state index in [4.69, 9.17) is 4.74 Å². The molecule has 0 spiro atoms. The van der Waals surface area contributed by atoms with Crippen LogP contribution in [0.15, 0.2) is 60.9 Å². The maximum atomic E-state index is 12.5. The van der Waals surface area contributed by atoms with Gasteiger partial charge in [-0.25, -0.2) is 9.18 Å². The first kappa shape index (κ1) is 14.3. The standard InChI is InChI=1S/C18H16FNO2/c1-12(19)10-20-18(21)22-11-17-15-8-4-2-6-13(15)14-7-3-5-9-16(14)17/h2-9,17H,1,10-11H2,(H,20,21). The van der Waals surface area contributed by atoms with Crippen LogP contribution in [0.2, 0.25) is 0 Å². The van der Waals surface area contributed by atoms with E-state index in [0.29, 0.717) is 0 Å². The summed E-state index contributed by atoms with van der Waals surface area (Å²) in [6.45, 7) is 3.08. The minimum Gasteiger partial charge on any atom is -0.449 e. The molecular formula is C18H16FNO2. The first-order valence-electron chi connectivity index (χ1n) is 7.09. The highest BCUT2D eigenvalue weighted by Crippen LogP contribution is 2.44. The lowest BCUT2D eigenvalue weighted by atomic mass is 9.98. The molecule has 1 aliphatic rings. The normalized spacial score (nSPS) is 12.4. The van der Waals surface area contributed by atoms with Crippen molar-refractivity contribution in [3.63, 3.8) is 0 Å². The molecule has 0 saturated carbocycles. The van der Waals surface area contributed by atoms with Crippen LogP contribution >= 0.6 is 0 Å². The Morgan fingerprint density at radius 2 is 1.64 bits per heavy atom. The van der Waals surface area contributed by atoms with Gasteiger partial charge in [-0.3, -0.25) is 0 Å². The summed E-state index contributed by atoms with van der Waals surface area (Å²) in [5.74, 6) is -0.597. The van der Waals surface area contributed by atoms with E-state index in [1.54, 1.807) is 0 Å². The summed E-state index contributed by atoms with van der Waals surface area (Å²) in [6, 6.07) is 16.2. The zero-order valence-electron chi connectivity index (χ0n) is 12.0. The molecule has 0 fully saturated rings. The Morgan fingerprint density at radius 1 is 1.09 bits per heavy atom. The van der Waals surface area contributed by atoms with E-state index in [2.05, 4.69) is 24.0 Å². The minimum absolute atomic E-state index is 0.00623. The molecule has 1 amide bonds. The topological polar surface area (TPSA) is 38.3 Å². The van der Waals surface area contributed by atoms with Crippen LogP contribution in [-0.2, 0) is 4.74 Å². The molecule has 112 valence electrons. The van der Waals surface area contributed by atoms with Crippen LogP contribution in [0.25, 0.3) is 11.1 Å². The number of rotatable bonds is 4. The molecule has 3 rings (SSSR count). The first-order valence-corrected chi connectivity index (χ1v) is 7.09. The van der Waals surface area contributed by atoms with Gasteiger partial charge in [-0.1, -0.05) is 55.1 Å². The van der Waals surface area contributed by atoms with Crippen molar-refractivity contribution in [3.8, 4) is 11.1 Å². The highest BCUT2D eigenvalue weighted by atomic mass is 19.1. The molecule has 1 N–H and O–H groups in total. The van der Waals surface area contributed by atoms with Crippen LogP contribution in [-0.4, -0.2) is 19.2 Å². The molecule has 2 aromatic carbocycles. The van der Waals surface area contributed by atoms with Gasteiger partial charge in [0.15, 0.2) is 0 Å². The van der Waals surface area contributed by atoms with Gasteiger partial charge in [0.05, 0.1) is 6.54 Å². The second kappa shape index (κ2) is 6.02. The number of nitrogens with one attached hydrogen (secondary N) is 1. The molecule has 0 aromatic heterocycles. The monoisotopic (exact) mass is 297 g/mol. The Bertz CT molecular complexity index is 681. The average molecular weight is 297 g/mol. The zero-order chi connectivity index (χ0) is 15.5. The third kappa shape index (κ3) is 2.72. The van der Waals surface area contributed by atoms with E-state index < -0.39 is 11.9 Å². The SMILES string of the molecule is C=C(F)CNC(=O)OCC1c2ccccc2-c2ccccc21. The van der Waals surface area contributed by atoms with Crippen LogP contribution in [0.4, 0.5) is 9.18 Å². The van der Waals surface area contributed by atoms with Crippen molar-refractivity contribution in [3.05, 3.63) is 72.1 Å². The van der Waals surface area contributed by atoms with Gasteiger partial charge in [0.25, 0.3) is 0 Å². The molecule has 0 atom stereocenters. The van der Waals surface area contributed by atoms with Gasteiger partial charge in [-0.05, 0) is 22.3 Å². The predicted molar refractivity (Wildman–Crippen MR) is 83.3 cm³/mol. The van der Waals surface area contributed by atoms with E-state index in [0.717, 1.165) is 11.1 Å². The number of halogens is 1. The summed E-state index contributed by atoms with van der Waals surface area (Å²) in [6.07, 6.45) is -0.638. The van der Waals surface area contributed by atoms with Crippen molar-refractivity contribution < 1.29 is 13.9 Å². The van der Waals surface area contributed by atoms with Gasteiger partial charge in [0, 0.05) is 5.92 Å². The minimum atomic E-state index is -0.638. The second-order valence-corrected chi connectivity index (χ2v) is 5.20. The molecule has 0 unspecified atom stereocenters. The molecular weight excluding hydrogens is 281 g/mol. The van der Waals surface area contributed by atoms with Crippen LogP contribution in [0.3, 0.4) is 0 Å². The van der Waals surface area contributed by atoms with Gasteiger partial charge in [-0.15, -0.1) is 0 Å². The van der Waals surface area contributed by atoms with E-state index in [-0.39, 0.29) is 19.1 Å². The van der Waals surface area contributed by atoms with Crippen molar-refractivity contribution in [1.82, 2.24) is 5.32 Å². The van der Waals surface area contributed by atoms with Gasteiger partial charge in [-0.2, -0.15) is 0 Å². The molecule has 0 radical (unpaired) electrons. The van der Waals surface area contributed by atoms with Crippen molar-refractivity contribution in [2.45, 2.75) is 5.92 Å². The lowest BCUT2D eigenvalue weighted by Crippen LogP contribution is -2.27. The summed E-state index contributed by atoms with van der Waals surface area (Å²) in [7, 11) is 0. The molecule has 2 aromatic rings. The third-order valence-electron chi connectivity index (χ3n) is 3.77. The van der Waals surface area contributed by atoms with E-state index >= 15 is 0 Å². The van der Waals surface area contributed by atoms with Crippen LogP contribution in [0.5, 0.6) is 0 Å². The number of hydrogen-bond acceptors (Lipinski definition) is 2. The number of amides is 1. The molecule has 0 saturated heterocycles. The molecule has 3 nitrogen and oxygen atoms in total. The number of alkyl carbamates (subject to hydrolysis) is 1. The average Bonchev–Trinajstić information content (AvgIpc) is 2.85. The van der Waals surface area contributed by atoms with E-state index in [1.807, 2.05) is 36.4 Å². The molecule has 0 heterocycles. The van der Waals surface area contributed by atoms with Gasteiger partial charge < -0.3 is 10.1 Å². The molecule has 4 heteroatoms. The largest absolute Gasteiger partial charge is 0.449 e. The van der Waals surface area contributed by atoms with Crippen LogP contribution in [0, 0.1) is 0 Å². The Kier molecular flexibility index (Phi) is 3.92. The highest BCUT2D eigenvalue weighted by Gasteiger charge is 2.28. The molecule has 0 bridgehead atoms. The van der Waals surface area contributed by atoms with Gasteiger partial charge in [0.1, 0.15) is 12.4 Å². The number of carbonyl (C=O) groups is 1. The smallest absolute Gasteiger partial charge is 0.407 e. The fourth-order valence-corrected chi connectivity index (χ4v) is 2.82. The summed E-state index contributed by atoms with van der Waals surface area (Å²) in [5, 5.41) is 2.32. The van der Waals surface area contributed by atoms with E-state index in [1.165, 1.54) is 11.1 Å². The lowest BCUT2D eigenvalue weighted by Gasteiger charge is -2.14. The number of hydrogen-bond donors (Lipinski definition) is 1. The Hall–Kier alpha value is -2.62. The quantitative estimate of drug-likeness (QED) is 0.926. The Labute approximate surface area is 128 Å². The van der Waals surface area contributed by atoms with Gasteiger partial charge >= 0.3 is 6.09 Å². The predicted octanol–water partition coefficient (Wildman–Crippen LogP) is 4.01. The third-order valence-corrected chi connectivity index (χ3v) is 3.77. The Morgan fingerprint density at radius 3 is 2.18 bits per heavy atom.